The topological polar surface area (TPSA) is 93.1 Å². The van der Waals surface area contributed by atoms with Crippen molar-refractivity contribution in [1.82, 2.24) is 19.8 Å². The van der Waals surface area contributed by atoms with E-state index in [1.54, 1.807) is 19.2 Å². The molecular weight excluding hydrogens is 424 g/mol. The van der Waals surface area contributed by atoms with Crippen LogP contribution in [0.5, 0.6) is 0 Å². The van der Waals surface area contributed by atoms with E-state index in [1.165, 1.54) is 17.1 Å². The lowest BCUT2D eigenvalue weighted by atomic mass is 10.1. The fraction of sp³-hybridized carbons (Fsp3) is 0.238. The number of halogens is 1. The van der Waals surface area contributed by atoms with Crippen LogP contribution in [0.25, 0.3) is 0 Å². The average Bonchev–Trinajstić information content (AvgIpc) is 3.18. The van der Waals surface area contributed by atoms with Gasteiger partial charge in [-0.15, -0.1) is 0 Å². The van der Waals surface area contributed by atoms with Crippen molar-refractivity contribution in [1.29, 1.82) is 0 Å². The van der Waals surface area contributed by atoms with Crippen LogP contribution in [0.15, 0.2) is 65.8 Å². The van der Waals surface area contributed by atoms with Crippen molar-refractivity contribution >= 4 is 27.5 Å². The molecule has 0 aliphatic rings. The SMILES string of the molecule is CCc1cc(Cl)cc(C(=O)NC(CNS(=O)(=O)c2cnn(C)c2)c2ccccc2)c1. The minimum absolute atomic E-state index is 0.0197. The summed E-state index contributed by atoms with van der Waals surface area (Å²) < 4.78 is 29.1. The van der Waals surface area contributed by atoms with Crippen molar-refractivity contribution in [3.63, 3.8) is 0 Å². The molecule has 3 rings (SSSR count). The van der Waals surface area contributed by atoms with E-state index in [2.05, 4.69) is 15.1 Å². The summed E-state index contributed by atoms with van der Waals surface area (Å²) in [4.78, 5) is 12.9. The molecular formula is C21H23ClN4O3S. The van der Waals surface area contributed by atoms with Gasteiger partial charge in [0, 0.05) is 30.4 Å². The summed E-state index contributed by atoms with van der Waals surface area (Å²) in [5.74, 6) is -0.332. The summed E-state index contributed by atoms with van der Waals surface area (Å²) >= 11 is 6.14. The van der Waals surface area contributed by atoms with Crippen LogP contribution in [-0.4, -0.2) is 30.7 Å². The van der Waals surface area contributed by atoms with Gasteiger partial charge in [-0.1, -0.05) is 48.9 Å². The van der Waals surface area contributed by atoms with E-state index < -0.39 is 16.1 Å². The first-order valence-corrected chi connectivity index (χ1v) is 11.3. The number of aromatic nitrogens is 2. The van der Waals surface area contributed by atoms with Gasteiger partial charge in [0.05, 0.1) is 12.2 Å². The van der Waals surface area contributed by atoms with Crippen molar-refractivity contribution in [2.75, 3.05) is 6.54 Å². The Morgan fingerprint density at radius 1 is 1.20 bits per heavy atom. The molecule has 0 aliphatic heterocycles. The Labute approximate surface area is 181 Å². The second-order valence-corrected chi connectivity index (χ2v) is 9.04. The number of sulfonamides is 1. The van der Waals surface area contributed by atoms with E-state index in [0.29, 0.717) is 10.6 Å². The Morgan fingerprint density at radius 3 is 2.57 bits per heavy atom. The van der Waals surface area contributed by atoms with Gasteiger partial charge < -0.3 is 5.32 Å². The fourth-order valence-corrected chi connectivity index (χ4v) is 4.27. The highest BCUT2D eigenvalue weighted by Gasteiger charge is 2.21. The van der Waals surface area contributed by atoms with Crippen LogP contribution in [0.2, 0.25) is 5.02 Å². The van der Waals surface area contributed by atoms with Gasteiger partial charge in [-0.25, -0.2) is 13.1 Å². The van der Waals surface area contributed by atoms with Crippen molar-refractivity contribution < 1.29 is 13.2 Å². The van der Waals surface area contributed by atoms with Gasteiger partial charge in [0.2, 0.25) is 10.0 Å². The van der Waals surface area contributed by atoms with E-state index in [0.717, 1.165) is 17.5 Å². The largest absolute Gasteiger partial charge is 0.344 e. The molecule has 1 heterocycles. The molecule has 0 bridgehead atoms. The second-order valence-electron chi connectivity index (χ2n) is 6.84. The maximum Gasteiger partial charge on any atom is 0.251 e. The molecule has 1 unspecified atom stereocenters. The molecule has 2 N–H and O–H groups in total. The molecule has 2 aromatic carbocycles. The van der Waals surface area contributed by atoms with E-state index in [1.807, 2.05) is 43.3 Å². The summed E-state index contributed by atoms with van der Waals surface area (Å²) in [6.45, 7) is 1.96. The van der Waals surface area contributed by atoms with Crippen LogP contribution in [0.1, 0.15) is 34.5 Å². The first kappa shape index (κ1) is 22.0. The highest BCUT2D eigenvalue weighted by molar-refractivity contribution is 7.89. The summed E-state index contributed by atoms with van der Waals surface area (Å²) in [6, 6.07) is 13.8. The number of hydrogen-bond donors (Lipinski definition) is 2. The molecule has 0 saturated heterocycles. The summed E-state index contributed by atoms with van der Waals surface area (Å²) in [5, 5.41) is 7.29. The van der Waals surface area contributed by atoms with Crippen molar-refractivity contribution in [2.24, 2.45) is 7.05 Å². The molecule has 7 nitrogen and oxygen atoms in total. The Hall–Kier alpha value is -2.68. The van der Waals surface area contributed by atoms with Crippen LogP contribution in [0, 0.1) is 0 Å². The third-order valence-electron chi connectivity index (χ3n) is 4.60. The molecule has 0 radical (unpaired) electrons. The average molecular weight is 447 g/mol. The zero-order chi connectivity index (χ0) is 21.7. The molecule has 1 aromatic heterocycles. The molecule has 30 heavy (non-hydrogen) atoms. The molecule has 0 saturated carbocycles. The lowest BCUT2D eigenvalue weighted by Crippen LogP contribution is -2.37. The van der Waals surface area contributed by atoms with E-state index in [-0.39, 0.29) is 17.3 Å². The zero-order valence-corrected chi connectivity index (χ0v) is 18.2. The van der Waals surface area contributed by atoms with Crippen LogP contribution >= 0.6 is 11.6 Å². The van der Waals surface area contributed by atoms with Crippen LogP contribution in [-0.2, 0) is 23.5 Å². The molecule has 0 spiro atoms. The molecule has 1 amide bonds. The van der Waals surface area contributed by atoms with Crippen molar-refractivity contribution in [3.8, 4) is 0 Å². The third kappa shape index (κ3) is 5.47. The Bertz CT molecular complexity index is 1130. The number of hydrogen-bond acceptors (Lipinski definition) is 4. The predicted molar refractivity (Wildman–Crippen MR) is 116 cm³/mol. The fourth-order valence-electron chi connectivity index (χ4n) is 2.98. The van der Waals surface area contributed by atoms with Crippen LogP contribution in [0.3, 0.4) is 0 Å². The molecule has 9 heteroatoms. The number of rotatable bonds is 8. The maximum absolute atomic E-state index is 12.9. The van der Waals surface area contributed by atoms with Gasteiger partial charge >= 0.3 is 0 Å². The second kappa shape index (κ2) is 9.42. The quantitative estimate of drug-likeness (QED) is 0.556. The molecule has 0 aliphatic carbocycles. The summed E-state index contributed by atoms with van der Waals surface area (Å²) in [5.41, 5.74) is 2.15. The standard InChI is InChI=1S/C21H23ClN4O3S/c1-3-15-9-17(11-18(22)10-15)21(27)25-20(16-7-5-4-6-8-16)13-24-30(28,29)19-12-23-26(2)14-19/h4-12,14,20,24H,3,13H2,1-2H3,(H,25,27). The first-order valence-electron chi connectivity index (χ1n) is 9.42. The van der Waals surface area contributed by atoms with Crippen molar-refractivity contribution in [3.05, 3.63) is 82.6 Å². The van der Waals surface area contributed by atoms with Crippen LogP contribution in [0.4, 0.5) is 0 Å². The van der Waals surface area contributed by atoms with Gasteiger partial charge in [0.1, 0.15) is 4.90 Å². The minimum Gasteiger partial charge on any atom is -0.344 e. The van der Waals surface area contributed by atoms with Gasteiger partial charge in [0.15, 0.2) is 0 Å². The number of carbonyl (C=O) groups excluding carboxylic acids is 1. The van der Waals surface area contributed by atoms with Gasteiger partial charge in [-0.05, 0) is 35.7 Å². The third-order valence-corrected chi connectivity index (χ3v) is 6.20. The Kier molecular flexibility index (Phi) is 6.91. The Morgan fingerprint density at radius 2 is 1.93 bits per heavy atom. The Balaban J connectivity index is 1.81. The highest BCUT2D eigenvalue weighted by Crippen LogP contribution is 2.18. The molecule has 158 valence electrons. The van der Waals surface area contributed by atoms with Gasteiger partial charge in [0.25, 0.3) is 5.91 Å². The lowest BCUT2D eigenvalue weighted by Gasteiger charge is -2.20. The van der Waals surface area contributed by atoms with Crippen LogP contribution < -0.4 is 10.0 Å². The van der Waals surface area contributed by atoms with Gasteiger partial charge in [-0.2, -0.15) is 5.10 Å². The monoisotopic (exact) mass is 446 g/mol. The number of aryl methyl sites for hydroxylation is 2. The first-order chi connectivity index (χ1) is 14.3. The number of amides is 1. The molecule has 0 fully saturated rings. The van der Waals surface area contributed by atoms with E-state index in [4.69, 9.17) is 11.6 Å². The number of carbonyl (C=O) groups is 1. The highest BCUT2D eigenvalue weighted by atomic mass is 35.5. The zero-order valence-electron chi connectivity index (χ0n) is 16.7. The van der Waals surface area contributed by atoms with Crippen molar-refractivity contribution in [2.45, 2.75) is 24.3 Å². The van der Waals surface area contributed by atoms with Gasteiger partial charge in [-0.3, -0.25) is 9.48 Å². The smallest absolute Gasteiger partial charge is 0.251 e. The molecule has 1 atom stereocenters. The maximum atomic E-state index is 12.9. The summed E-state index contributed by atoms with van der Waals surface area (Å²) in [6.07, 6.45) is 3.43. The predicted octanol–water partition coefficient (Wildman–Crippen LogP) is 3.09. The minimum atomic E-state index is -3.77. The number of nitrogens with zero attached hydrogens (tertiary/aromatic N) is 2. The van der Waals surface area contributed by atoms with E-state index >= 15 is 0 Å². The van der Waals surface area contributed by atoms with E-state index in [9.17, 15) is 13.2 Å². The number of nitrogens with one attached hydrogen (secondary N) is 2. The normalized spacial score (nSPS) is 12.5. The molecule has 3 aromatic rings. The lowest BCUT2D eigenvalue weighted by molar-refractivity contribution is 0.0937. The summed E-state index contributed by atoms with van der Waals surface area (Å²) in [7, 11) is -2.13. The number of benzene rings is 2.